The van der Waals surface area contributed by atoms with Crippen molar-refractivity contribution < 1.29 is 4.52 Å². The molecule has 15 heavy (non-hydrogen) atoms. The predicted molar refractivity (Wildman–Crippen MR) is 56.4 cm³/mol. The Hall–Kier alpha value is -1.67. The molecule has 0 saturated carbocycles. The molecule has 4 nitrogen and oxygen atoms in total. The molecule has 0 fully saturated rings. The Morgan fingerprint density at radius 3 is 2.80 bits per heavy atom. The van der Waals surface area contributed by atoms with E-state index < -0.39 is 0 Å². The van der Waals surface area contributed by atoms with Crippen molar-refractivity contribution in [3.05, 3.63) is 22.8 Å². The summed E-state index contributed by atoms with van der Waals surface area (Å²) in [5.41, 5.74) is 0. The highest BCUT2D eigenvalue weighted by Crippen LogP contribution is 2.27. The summed E-state index contributed by atoms with van der Waals surface area (Å²) in [7, 11) is 0. The van der Waals surface area contributed by atoms with Gasteiger partial charge in [-0.2, -0.15) is 10.2 Å². The quantitative estimate of drug-likeness (QED) is 0.779. The van der Waals surface area contributed by atoms with Crippen LogP contribution in [0.3, 0.4) is 0 Å². The smallest absolute Gasteiger partial charge is 0.268 e. The Morgan fingerprint density at radius 2 is 2.27 bits per heavy atom. The van der Waals surface area contributed by atoms with E-state index in [-0.39, 0.29) is 5.92 Å². The third-order valence-corrected chi connectivity index (χ3v) is 2.86. The SMILES string of the molecule is CC(C)c1noc(-c2ccc(C#N)s2)n1. The Morgan fingerprint density at radius 1 is 1.47 bits per heavy atom. The van der Waals surface area contributed by atoms with Gasteiger partial charge in [0, 0.05) is 5.92 Å². The summed E-state index contributed by atoms with van der Waals surface area (Å²) in [6, 6.07) is 5.64. The predicted octanol–water partition coefficient (Wildman–Crippen LogP) is 2.79. The first-order valence-corrected chi connectivity index (χ1v) is 5.36. The zero-order valence-electron chi connectivity index (χ0n) is 8.39. The van der Waals surface area contributed by atoms with Crippen molar-refractivity contribution in [1.82, 2.24) is 10.1 Å². The van der Waals surface area contributed by atoms with Gasteiger partial charge in [0.2, 0.25) is 0 Å². The third-order valence-electron chi connectivity index (χ3n) is 1.89. The van der Waals surface area contributed by atoms with E-state index >= 15 is 0 Å². The number of nitriles is 1. The number of thiophene rings is 1. The molecule has 0 aliphatic rings. The molecule has 0 unspecified atom stereocenters. The summed E-state index contributed by atoms with van der Waals surface area (Å²) in [5, 5.41) is 12.5. The highest BCUT2D eigenvalue weighted by Gasteiger charge is 2.13. The lowest BCUT2D eigenvalue weighted by Gasteiger charge is -1.91. The summed E-state index contributed by atoms with van der Waals surface area (Å²) >= 11 is 1.35. The maximum absolute atomic E-state index is 8.69. The Balaban J connectivity index is 2.34. The van der Waals surface area contributed by atoms with E-state index in [1.54, 1.807) is 6.07 Å². The fraction of sp³-hybridized carbons (Fsp3) is 0.300. The van der Waals surface area contributed by atoms with Gasteiger partial charge in [-0.05, 0) is 12.1 Å². The molecule has 2 heterocycles. The number of hydrogen-bond acceptors (Lipinski definition) is 5. The van der Waals surface area contributed by atoms with Crippen molar-refractivity contribution in [2.75, 3.05) is 0 Å². The van der Waals surface area contributed by atoms with Crippen LogP contribution in [0.4, 0.5) is 0 Å². The van der Waals surface area contributed by atoms with Gasteiger partial charge in [0.15, 0.2) is 5.82 Å². The molecule has 0 saturated heterocycles. The van der Waals surface area contributed by atoms with Crippen LogP contribution in [0.5, 0.6) is 0 Å². The molecule has 2 rings (SSSR count). The fourth-order valence-electron chi connectivity index (χ4n) is 1.08. The van der Waals surface area contributed by atoms with E-state index in [0.717, 1.165) is 4.88 Å². The number of rotatable bonds is 2. The first-order chi connectivity index (χ1) is 7.20. The van der Waals surface area contributed by atoms with Gasteiger partial charge in [0.1, 0.15) is 10.9 Å². The van der Waals surface area contributed by atoms with Gasteiger partial charge in [-0.25, -0.2) is 0 Å². The monoisotopic (exact) mass is 219 g/mol. The van der Waals surface area contributed by atoms with Gasteiger partial charge in [0.05, 0.1) is 4.88 Å². The van der Waals surface area contributed by atoms with Crippen molar-refractivity contribution in [3.8, 4) is 16.8 Å². The number of aromatic nitrogens is 2. The minimum Gasteiger partial charge on any atom is -0.333 e. The second-order valence-electron chi connectivity index (χ2n) is 3.39. The van der Waals surface area contributed by atoms with E-state index in [1.165, 1.54) is 11.3 Å². The molecule has 0 spiro atoms. The zero-order chi connectivity index (χ0) is 10.8. The Kier molecular flexibility index (Phi) is 2.52. The van der Waals surface area contributed by atoms with Gasteiger partial charge >= 0.3 is 0 Å². The maximum atomic E-state index is 8.69. The molecule has 0 aromatic carbocycles. The van der Waals surface area contributed by atoms with Crippen LogP contribution in [0.15, 0.2) is 16.7 Å². The topological polar surface area (TPSA) is 62.7 Å². The number of hydrogen-bond donors (Lipinski definition) is 0. The van der Waals surface area contributed by atoms with E-state index in [1.807, 2.05) is 19.9 Å². The van der Waals surface area contributed by atoms with Crippen molar-refractivity contribution in [2.24, 2.45) is 0 Å². The van der Waals surface area contributed by atoms with Crippen LogP contribution in [0.25, 0.3) is 10.8 Å². The fourth-order valence-corrected chi connectivity index (χ4v) is 1.81. The van der Waals surface area contributed by atoms with Crippen LogP contribution >= 0.6 is 11.3 Å². The molecule has 76 valence electrons. The highest BCUT2D eigenvalue weighted by atomic mass is 32.1. The molecule has 0 bridgehead atoms. The second-order valence-corrected chi connectivity index (χ2v) is 4.47. The van der Waals surface area contributed by atoms with Gasteiger partial charge in [0.25, 0.3) is 5.89 Å². The first-order valence-electron chi connectivity index (χ1n) is 4.54. The van der Waals surface area contributed by atoms with Crippen LogP contribution in [-0.2, 0) is 0 Å². The van der Waals surface area contributed by atoms with Crippen LogP contribution in [0.2, 0.25) is 0 Å². The van der Waals surface area contributed by atoms with Crippen molar-refractivity contribution in [3.63, 3.8) is 0 Å². The van der Waals surface area contributed by atoms with Crippen LogP contribution in [0, 0.1) is 11.3 Å². The summed E-state index contributed by atoms with van der Waals surface area (Å²) in [6.07, 6.45) is 0. The normalized spacial score (nSPS) is 10.5. The maximum Gasteiger partial charge on any atom is 0.268 e. The average Bonchev–Trinajstić information content (AvgIpc) is 2.86. The summed E-state index contributed by atoms with van der Waals surface area (Å²) in [5.74, 6) is 1.43. The third kappa shape index (κ3) is 1.90. The van der Waals surface area contributed by atoms with Crippen molar-refractivity contribution >= 4 is 11.3 Å². The van der Waals surface area contributed by atoms with Crippen molar-refractivity contribution in [1.29, 1.82) is 5.26 Å². The van der Waals surface area contributed by atoms with E-state index in [4.69, 9.17) is 9.78 Å². The van der Waals surface area contributed by atoms with Crippen LogP contribution in [-0.4, -0.2) is 10.1 Å². The molecular weight excluding hydrogens is 210 g/mol. The van der Waals surface area contributed by atoms with Crippen LogP contribution < -0.4 is 0 Å². The molecule has 2 aromatic rings. The molecule has 0 amide bonds. The molecular formula is C10H9N3OS. The van der Waals surface area contributed by atoms with Gasteiger partial charge in [-0.15, -0.1) is 11.3 Å². The van der Waals surface area contributed by atoms with E-state index in [0.29, 0.717) is 16.6 Å². The summed E-state index contributed by atoms with van der Waals surface area (Å²) in [6.45, 7) is 4.01. The Bertz CT molecular complexity index is 507. The van der Waals surface area contributed by atoms with Gasteiger partial charge in [-0.3, -0.25) is 0 Å². The molecule has 2 aromatic heterocycles. The molecule has 0 radical (unpaired) electrons. The van der Waals surface area contributed by atoms with Crippen molar-refractivity contribution in [2.45, 2.75) is 19.8 Å². The standard InChI is InChI=1S/C10H9N3OS/c1-6(2)9-12-10(14-13-9)8-4-3-7(5-11)15-8/h3-4,6H,1-2H3. The number of nitrogens with zero attached hydrogens (tertiary/aromatic N) is 3. The molecule has 5 heteroatoms. The summed E-state index contributed by atoms with van der Waals surface area (Å²) in [4.78, 5) is 5.74. The minimum absolute atomic E-state index is 0.248. The minimum atomic E-state index is 0.248. The molecule has 0 N–H and O–H groups in total. The largest absolute Gasteiger partial charge is 0.333 e. The van der Waals surface area contributed by atoms with Gasteiger partial charge < -0.3 is 4.52 Å². The van der Waals surface area contributed by atoms with E-state index in [9.17, 15) is 0 Å². The molecule has 0 aliphatic heterocycles. The lowest BCUT2D eigenvalue weighted by atomic mass is 10.2. The lowest BCUT2D eigenvalue weighted by molar-refractivity contribution is 0.420. The molecule has 0 aliphatic carbocycles. The second kappa shape index (κ2) is 3.83. The van der Waals surface area contributed by atoms with Gasteiger partial charge in [-0.1, -0.05) is 19.0 Å². The van der Waals surface area contributed by atoms with Crippen LogP contribution in [0.1, 0.15) is 30.5 Å². The lowest BCUT2D eigenvalue weighted by Crippen LogP contribution is -1.88. The summed E-state index contributed by atoms with van der Waals surface area (Å²) < 4.78 is 5.11. The average molecular weight is 219 g/mol. The first kappa shape index (κ1) is 9.87. The van der Waals surface area contributed by atoms with E-state index in [2.05, 4.69) is 16.2 Å². The molecule has 0 atom stereocenters. The Labute approximate surface area is 91.2 Å². The highest BCUT2D eigenvalue weighted by molar-refractivity contribution is 7.15. The zero-order valence-corrected chi connectivity index (χ0v) is 9.21.